The van der Waals surface area contributed by atoms with Gasteiger partial charge < -0.3 is 9.73 Å². The Hall–Kier alpha value is -1.32. The molecule has 0 amide bonds. The molecule has 2 aromatic rings. The van der Waals surface area contributed by atoms with Crippen LogP contribution in [0.4, 0.5) is 0 Å². The number of likely N-dealkylation sites (N-methyl/N-ethyl adjacent to an activating group) is 1. The molecule has 90 valence electrons. The normalized spacial score (nSPS) is 22.1. The molecule has 17 heavy (non-hydrogen) atoms. The van der Waals surface area contributed by atoms with E-state index in [0.717, 1.165) is 31.0 Å². The molecule has 1 aromatic heterocycles. The van der Waals surface area contributed by atoms with Crippen LogP contribution in [0, 0.1) is 6.92 Å². The minimum atomic E-state index is 0.358. The van der Waals surface area contributed by atoms with E-state index in [0.29, 0.717) is 6.04 Å². The highest BCUT2D eigenvalue weighted by Crippen LogP contribution is 2.32. The van der Waals surface area contributed by atoms with Crippen LogP contribution in [0.15, 0.2) is 28.7 Å². The van der Waals surface area contributed by atoms with Crippen molar-refractivity contribution in [2.24, 2.45) is 0 Å². The zero-order valence-corrected chi connectivity index (χ0v) is 10.4. The number of benzene rings is 1. The molecular weight excluding hydrogens is 212 g/mol. The van der Waals surface area contributed by atoms with Gasteiger partial charge in [-0.25, -0.2) is 0 Å². The van der Waals surface area contributed by atoms with E-state index in [1.165, 1.54) is 10.9 Å². The third-order valence-corrected chi connectivity index (χ3v) is 3.69. The molecule has 0 spiro atoms. The van der Waals surface area contributed by atoms with Gasteiger partial charge >= 0.3 is 0 Å². The van der Waals surface area contributed by atoms with Gasteiger partial charge in [0.2, 0.25) is 0 Å². The Balaban J connectivity index is 2.07. The molecule has 1 N–H and O–H groups in total. The van der Waals surface area contributed by atoms with Gasteiger partial charge in [0.05, 0.1) is 6.04 Å². The molecule has 0 saturated carbocycles. The summed E-state index contributed by atoms with van der Waals surface area (Å²) in [6.45, 7) is 5.26. The van der Waals surface area contributed by atoms with Crippen LogP contribution in [0.1, 0.15) is 17.4 Å². The lowest BCUT2D eigenvalue weighted by molar-refractivity contribution is 0.180. The van der Waals surface area contributed by atoms with Gasteiger partial charge in [-0.1, -0.05) is 18.2 Å². The van der Waals surface area contributed by atoms with Gasteiger partial charge in [0.15, 0.2) is 0 Å². The summed E-state index contributed by atoms with van der Waals surface area (Å²) in [5.41, 5.74) is 2.28. The first-order valence-electron chi connectivity index (χ1n) is 6.16. The average molecular weight is 230 g/mol. The summed E-state index contributed by atoms with van der Waals surface area (Å²) in [6.07, 6.45) is 0. The number of para-hydroxylation sites is 1. The highest BCUT2D eigenvalue weighted by Gasteiger charge is 2.26. The minimum Gasteiger partial charge on any atom is -0.459 e. The number of furan rings is 1. The second-order valence-corrected chi connectivity index (χ2v) is 4.79. The molecule has 0 radical (unpaired) electrons. The van der Waals surface area contributed by atoms with E-state index in [1.54, 1.807) is 0 Å². The maximum Gasteiger partial charge on any atom is 0.134 e. The van der Waals surface area contributed by atoms with Crippen molar-refractivity contribution in [3.63, 3.8) is 0 Å². The van der Waals surface area contributed by atoms with Crippen LogP contribution in [-0.2, 0) is 0 Å². The maximum atomic E-state index is 6.03. The molecule has 1 saturated heterocycles. The summed E-state index contributed by atoms with van der Waals surface area (Å²) in [4.78, 5) is 2.36. The lowest BCUT2D eigenvalue weighted by Gasteiger charge is -2.32. The molecule has 3 rings (SSSR count). The Morgan fingerprint density at radius 2 is 2.18 bits per heavy atom. The quantitative estimate of drug-likeness (QED) is 0.815. The number of hydrogen-bond acceptors (Lipinski definition) is 3. The highest BCUT2D eigenvalue weighted by atomic mass is 16.3. The first-order valence-corrected chi connectivity index (χ1v) is 6.16. The van der Waals surface area contributed by atoms with Gasteiger partial charge in [0.25, 0.3) is 0 Å². The fourth-order valence-corrected chi connectivity index (χ4v) is 2.61. The zero-order chi connectivity index (χ0) is 11.8. The number of piperazine rings is 1. The molecule has 1 unspecified atom stereocenters. The van der Waals surface area contributed by atoms with Gasteiger partial charge in [0, 0.05) is 30.6 Å². The summed E-state index contributed by atoms with van der Waals surface area (Å²) in [6, 6.07) is 8.63. The molecule has 1 aliphatic rings. The largest absolute Gasteiger partial charge is 0.459 e. The topological polar surface area (TPSA) is 28.4 Å². The second-order valence-electron chi connectivity index (χ2n) is 4.79. The van der Waals surface area contributed by atoms with Crippen molar-refractivity contribution in [3.05, 3.63) is 35.6 Å². The molecule has 2 heterocycles. The van der Waals surface area contributed by atoms with Crippen molar-refractivity contribution in [3.8, 4) is 0 Å². The van der Waals surface area contributed by atoms with Gasteiger partial charge in [-0.05, 0) is 20.0 Å². The molecule has 1 fully saturated rings. The standard InChI is InChI=1S/C14H18N2O/c1-10-11-5-3-4-6-13(11)17-14(10)12-9-15-7-8-16(12)2/h3-6,12,15H,7-9H2,1-2H3. The number of rotatable bonds is 1. The van der Waals surface area contributed by atoms with Crippen LogP contribution >= 0.6 is 0 Å². The zero-order valence-electron chi connectivity index (χ0n) is 10.4. The lowest BCUT2D eigenvalue weighted by atomic mass is 10.1. The van der Waals surface area contributed by atoms with E-state index < -0.39 is 0 Å². The van der Waals surface area contributed by atoms with Gasteiger partial charge in [0.1, 0.15) is 11.3 Å². The smallest absolute Gasteiger partial charge is 0.134 e. The molecule has 1 aromatic carbocycles. The van der Waals surface area contributed by atoms with Crippen molar-refractivity contribution in [1.29, 1.82) is 0 Å². The Kier molecular flexibility index (Phi) is 2.65. The number of fused-ring (bicyclic) bond motifs is 1. The van der Waals surface area contributed by atoms with E-state index in [1.807, 2.05) is 12.1 Å². The van der Waals surface area contributed by atoms with Gasteiger partial charge in [-0.2, -0.15) is 0 Å². The molecular formula is C14H18N2O. The number of nitrogens with zero attached hydrogens (tertiary/aromatic N) is 1. The van der Waals surface area contributed by atoms with Crippen LogP contribution < -0.4 is 5.32 Å². The predicted molar refractivity (Wildman–Crippen MR) is 69.2 cm³/mol. The SMILES string of the molecule is Cc1c(C2CNCCN2C)oc2ccccc12. The van der Waals surface area contributed by atoms with Crippen LogP contribution in [0.3, 0.4) is 0 Å². The Labute approximate surface area is 101 Å². The van der Waals surface area contributed by atoms with Crippen molar-refractivity contribution < 1.29 is 4.42 Å². The van der Waals surface area contributed by atoms with E-state index in [9.17, 15) is 0 Å². The van der Waals surface area contributed by atoms with E-state index in [2.05, 4.69) is 36.3 Å². The number of aryl methyl sites for hydroxylation is 1. The van der Waals surface area contributed by atoms with Crippen LogP contribution in [0.5, 0.6) is 0 Å². The van der Waals surface area contributed by atoms with E-state index in [-0.39, 0.29) is 0 Å². The summed E-state index contributed by atoms with van der Waals surface area (Å²) >= 11 is 0. The molecule has 1 aliphatic heterocycles. The average Bonchev–Trinajstić information content (AvgIpc) is 2.68. The lowest BCUT2D eigenvalue weighted by Crippen LogP contribution is -2.43. The third kappa shape index (κ3) is 1.75. The Morgan fingerprint density at radius 1 is 1.35 bits per heavy atom. The molecule has 3 nitrogen and oxygen atoms in total. The first kappa shape index (κ1) is 10.8. The Bertz CT molecular complexity index is 532. The van der Waals surface area contributed by atoms with Crippen molar-refractivity contribution >= 4 is 11.0 Å². The van der Waals surface area contributed by atoms with Crippen LogP contribution in [0.25, 0.3) is 11.0 Å². The fraction of sp³-hybridized carbons (Fsp3) is 0.429. The summed E-state index contributed by atoms with van der Waals surface area (Å²) in [7, 11) is 2.16. The van der Waals surface area contributed by atoms with E-state index in [4.69, 9.17) is 4.42 Å². The summed E-state index contributed by atoms with van der Waals surface area (Å²) in [5, 5.41) is 4.67. The number of nitrogens with one attached hydrogen (secondary N) is 1. The van der Waals surface area contributed by atoms with Crippen molar-refractivity contribution in [2.45, 2.75) is 13.0 Å². The van der Waals surface area contributed by atoms with Gasteiger partial charge in [-0.3, -0.25) is 4.90 Å². The van der Waals surface area contributed by atoms with Crippen LogP contribution in [0.2, 0.25) is 0 Å². The Morgan fingerprint density at radius 3 is 2.94 bits per heavy atom. The third-order valence-electron chi connectivity index (χ3n) is 3.69. The van der Waals surface area contributed by atoms with Crippen molar-refractivity contribution in [1.82, 2.24) is 10.2 Å². The van der Waals surface area contributed by atoms with Gasteiger partial charge in [-0.15, -0.1) is 0 Å². The molecule has 0 aliphatic carbocycles. The summed E-state index contributed by atoms with van der Waals surface area (Å²) in [5.74, 6) is 1.11. The maximum absolute atomic E-state index is 6.03. The van der Waals surface area contributed by atoms with Crippen molar-refractivity contribution in [2.75, 3.05) is 26.7 Å². The van der Waals surface area contributed by atoms with E-state index >= 15 is 0 Å². The first-order chi connectivity index (χ1) is 8.27. The second kappa shape index (κ2) is 4.17. The fourth-order valence-electron chi connectivity index (χ4n) is 2.61. The highest BCUT2D eigenvalue weighted by molar-refractivity contribution is 5.82. The van der Waals surface area contributed by atoms with Crippen LogP contribution in [-0.4, -0.2) is 31.6 Å². The summed E-state index contributed by atoms with van der Waals surface area (Å²) < 4.78 is 6.03. The molecule has 0 bridgehead atoms. The predicted octanol–water partition coefficient (Wildman–Crippen LogP) is 2.32. The monoisotopic (exact) mass is 230 g/mol. The molecule has 1 atom stereocenters. The minimum absolute atomic E-state index is 0.358. The number of hydrogen-bond donors (Lipinski definition) is 1. The molecule has 3 heteroatoms.